The van der Waals surface area contributed by atoms with Crippen LogP contribution >= 0.6 is 11.3 Å². The van der Waals surface area contributed by atoms with Crippen molar-refractivity contribution in [3.63, 3.8) is 0 Å². The molecular formula is C23H23N3OS. The van der Waals surface area contributed by atoms with Crippen LogP contribution in [0.15, 0.2) is 60.7 Å². The van der Waals surface area contributed by atoms with Crippen molar-refractivity contribution in [2.75, 3.05) is 5.32 Å². The van der Waals surface area contributed by atoms with Gasteiger partial charge in [0.1, 0.15) is 4.83 Å². The molecule has 0 atom stereocenters. The predicted octanol–water partition coefficient (Wildman–Crippen LogP) is 5.95. The molecule has 1 N–H and O–H groups in total. The monoisotopic (exact) mass is 389 g/mol. The SMILES string of the molecule is Cc1nn(-c2ccccc2)c2sc(C(=O)Nc3ccc(C(C)(C)C)cc3)cc12. The third-order valence-corrected chi connectivity index (χ3v) is 5.89. The zero-order valence-electron chi connectivity index (χ0n) is 16.5. The molecule has 0 spiro atoms. The summed E-state index contributed by atoms with van der Waals surface area (Å²) in [5.41, 5.74) is 4.05. The molecule has 0 radical (unpaired) electrons. The third-order valence-electron chi connectivity index (χ3n) is 4.78. The summed E-state index contributed by atoms with van der Waals surface area (Å²) in [5, 5.41) is 8.66. The predicted molar refractivity (Wildman–Crippen MR) is 117 cm³/mol. The number of hydrogen-bond donors (Lipinski definition) is 1. The Labute approximate surface area is 168 Å². The van der Waals surface area contributed by atoms with E-state index in [0.29, 0.717) is 4.88 Å². The van der Waals surface area contributed by atoms with E-state index in [2.05, 4.69) is 43.3 Å². The highest BCUT2D eigenvalue weighted by molar-refractivity contribution is 7.20. The molecule has 0 unspecified atom stereocenters. The quantitative estimate of drug-likeness (QED) is 0.471. The molecule has 4 rings (SSSR count). The maximum Gasteiger partial charge on any atom is 0.265 e. The fourth-order valence-electron chi connectivity index (χ4n) is 3.15. The first-order valence-corrected chi connectivity index (χ1v) is 10.1. The maximum absolute atomic E-state index is 12.8. The van der Waals surface area contributed by atoms with Gasteiger partial charge in [-0.25, -0.2) is 4.68 Å². The second kappa shape index (κ2) is 6.91. The molecular weight excluding hydrogens is 366 g/mol. The van der Waals surface area contributed by atoms with Gasteiger partial charge in [-0.05, 0) is 48.2 Å². The van der Waals surface area contributed by atoms with Crippen LogP contribution in [0.3, 0.4) is 0 Å². The molecule has 1 amide bonds. The number of aromatic nitrogens is 2. The van der Waals surface area contributed by atoms with Crippen LogP contribution in [0, 0.1) is 6.92 Å². The number of carbonyl (C=O) groups excluding carboxylic acids is 1. The number of nitrogens with one attached hydrogen (secondary N) is 1. The van der Waals surface area contributed by atoms with E-state index >= 15 is 0 Å². The average Bonchev–Trinajstić information content (AvgIpc) is 3.23. The van der Waals surface area contributed by atoms with Crippen molar-refractivity contribution < 1.29 is 4.79 Å². The van der Waals surface area contributed by atoms with Crippen LogP contribution in [-0.2, 0) is 5.41 Å². The molecule has 0 aliphatic carbocycles. The zero-order chi connectivity index (χ0) is 19.9. The van der Waals surface area contributed by atoms with E-state index in [-0.39, 0.29) is 11.3 Å². The van der Waals surface area contributed by atoms with Gasteiger partial charge in [-0.2, -0.15) is 5.10 Å². The smallest absolute Gasteiger partial charge is 0.265 e. The largest absolute Gasteiger partial charge is 0.321 e. The van der Waals surface area contributed by atoms with Crippen LogP contribution in [0.5, 0.6) is 0 Å². The number of carbonyl (C=O) groups is 1. The second-order valence-electron chi connectivity index (χ2n) is 7.94. The van der Waals surface area contributed by atoms with Gasteiger partial charge in [-0.15, -0.1) is 11.3 Å². The fraction of sp³-hybridized carbons (Fsp3) is 0.217. The molecule has 2 aromatic heterocycles. The van der Waals surface area contributed by atoms with E-state index in [9.17, 15) is 4.79 Å². The molecule has 4 aromatic rings. The Morgan fingerprint density at radius 1 is 1.04 bits per heavy atom. The molecule has 0 aliphatic rings. The van der Waals surface area contributed by atoms with Crippen LogP contribution in [0.25, 0.3) is 15.9 Å². The maximum atomic E-state index is 12.8. The lowest BCUT2D eigenvalue weighted by molar-refractivity contribution is 0.103. The number of benzene rings is 2. The topological polar surface area (TPSA) is 46.9 Å². The molecule has 4 nitrogen and oxygen atoms in total. The van der Waals surface area contributed by atoms with E-state index in [1.54, 1.807) is 0 Å². The van der Waals surface area contributed by atoms with E-state index in [1.165, 1.54) is 16.9 Å². The van der Waals surface area contributed by atoms with Gasteiger partial charge in [0, 0.05) is 11.1 Å². The molecule has 0 bridgehead atoms. The first kappa shape index (κ1) is 18.4. The highest BCUT2D eigenvalue weighted by Crippen LogP contribution is 2.31. The van der Waals surface area contributed by atoms with Gasteiger partial charge < -0.3 is 5.32 Å². The molecule has 2 aromatic carbocycles. The van der Waals surface area contributed by atoms with Crippen molar-refractivity contribution in [2.24, 2.45) is 0 Å². The number of para-hydroxylation sites is 1. The van der Waals surface area contributed by atoms with Crippen molar-refractivity contribution in [2.45, 2.75) is 33.1 Å². The van der Waals surface area contributed by atoms with Gasteiger partial charge in [0.2, 0.25) is 0 Å². The number of anilines is 1. The number of rotatable bonds is 3. The Balaban J connectivity index is 1.62. The van der Waals surface area contributed by atoms with Crippen molar-refractivity contribution in [1.82, 2.24) is 9.78 Å². The zero-order valence-corrected chi connectivity index (χ0v) is 17.3. The summed E-state index contributed by atoms with van der Waals surface area (Å²) < 4.78 is 1.91. The number of nitrogens with zero attached hydrogens (tertiary/aromatic N) is 2. The van der Waals surface area contributed by atoms with E-state index in [1.807, 2.05) is 60.1 Å². The van der Waals surface area contributed by atoms with Crippen LogP contribution < -0.4 is 5.32 Å². The minimum Gasteiger partial charge on any atom is -0.321 e. The van der Waals surface area contributed by atoms with Crippen LogP contribution in [0.4, 0.5) is 5.69 Å². The molecule has 0 saturated heterocycles. The number of amides is 1. The van der Waals surface area contributed by atoms with Gasteiger partial charge in [-0.3, -0.25) is 4.79 Å². The van der Waals surface area contributed by atoms with Gasteiger partial charge in [0.25, 0.3) is 5.91 Å². The van der Waals surface area contributed by atoms with Gasteiger partial charge >= 0.3 is 0 Å². The average molecular weight is 390 g/mol. The molecule has 28 heavy (non-hydrogen) atoms. The minimum atomic E-state index is -0.0938. The number of hydrogen-bond acceptors (Lipinski definition) is 3. The van der Waals surface area contributed by atoms with Gasteiger partial charge in [0.05, 0.1) is 16.3 Å². The lowest BCUT2D eigenvalue weighted by atomic mass is 9.87. The molecule has 0 saturated carbocycles. The van der Waals surface area contributed by atoms with Crippen molar-refractivity contribution in [1.29, 1.82) is 0 Å². The minimum absolute atomic E-state index is 0.0921. The summed E-state index contributed by atoms with van der Waals surface area (Å²) in [4.78, 5) is 14.5. The number of aryl methyl sites for hydroxylation is 1. The summed E-state index contributed by atoms with van der Waals surface area (Å²) in [5.74, 6) is -0.0938. The Kier molecular flexibility index (Phi) is 4.55. The van der Waals surface area contributed by atoms with E-state index in [4.69, 9.17) is 0 Å². The molecule has 5 heteroatoms. The molecule has 2 heterocycles. The van der Waals surface area contributed by atoms with Crippen molar-refractivity contribution >= 4 is 33.1 Å². The summed E-state index contributed by atoms with van der Waals surface area (Å²) >= 11 is 1.46. The first-order chi connectivity index (χ1) is 13.3. The Morgan fingerprint density at radius 3 is 2.36 bits per heavy atom. The van der Waals surface area contributed by atoms with Crippen LogP contribution in [-0.4, -0.2) is 15.7 Å². The Hall–Kier alpha value is -2.92. The standard InChI is InChI=1S/C23H23N3OS/c1-15-19-14-20(28-22(19)26(25-15)18-8-6-5-7-9-18)21(27)24-17-12-10-16(11-13-17)23(2,3)4/h5-14H,1-4H3,(H,24,27). The van der Waals surface area contributed by atoms with Gasteiger partial charge in [0.15, 0.2) is 0 Å². The highest BCUT2D eigenvalue weighted by Gasteiger charge is 2.18. The van der Waals surface area contributed by atoms with Crippen molar-refractivity contribution in [3.8, 4) is 5.69 Å². The first-order valence-electron chi connectivity index (χ1n) is 9.29. The van der Waals surface area contributed by atoms with E-state index < -0.39 is 0 Å². The normalized spacial score (nSPS) is 11.7. The molecule has 0 aliphatic heterocycles. The summed E-state index contributed by atoms with van der Waals surface area (Å²) in [7, 11) is 0. The second-order valence-corrected chi connectivity index (χ2v) is 8.97. The Morgan fingerprint density at radius 2 is 1.71 bits per heavy atom. The molecule has 0 fully saturated rings. The third kappa shape index (κ3) is 3.45. The summed E-state index contributed by atoms with van der Waals surface area (Å²) in [6.07, 6.45) is 0. The number of fused-ring (bicyclic) bond motifs is 1. The van der Waals surface area contributed by atoms with E-state index in [0.717, 1.165) is 27.3 Å². The summed E-state index contributed by atoms with van der Waals surface area (Å²) in [6, 6.07) is 20.0. The Bertz CT molecular complexity index is 1130. The molecule has 142 valence electrons. The highest BCUT2D eigenvalue weighted by atomic mass is 32.1. The van der Waals surface area contributed by atoms with Crippen molar-refractivity contribution in [3.05, 3.63) is 76.8 Å². The summed E-state index contributed by atoms with van der Waals surface area (Å²) in [6.45, 7) is 8.50. The van der Waals surface area contributed by atoms with Crippen LogP contribution in [0.2, 0.25) is 0 Å². The lowest BCUT2D eigenvalue weighted by Gasteiger charge is -2.19. The van der Waals surface area contributed by atoms with Crippen LogP contribution in [0.1, 0.15) is 41.7 Å². The van der Waals surface area contributed by atoms with Gasteiger partial charge in [-0.1, -0.05) is 51.1 Å². The lowest BCUT2D eigenvalue weighted by Crippen LogP contribution is -2.12. The number of thiophene rings is 1. The fourth-order valence-corrected chi connectivity index (χ4v) is 4.23.